The highest BCUT2D eigenvalue weighted by Crippen LogP contribution is 2.25. The summed E-state index contributed by atoms with van der Waals surface area (Å²) in [5, 5.41) is 1.07. The quantitative estimate of drug-likeness (QED) is 0.674. The average Bonchev–Trinajstić information content (AvgIpc) is 2.66. The van der Waals surface area contributed by atoms with Crippen molar-refractivity contribution in [2.24, 2.45) is 0 Å². The second kappa shape index (κ2) is 3.38. The maximum atomic E-state index is 11.4. The molecular weight excluding hydrogens is 198 g/mol. The molecule has 0 saturated carbocycles. The van der Waals surface area contributed by atoms with Gasteiger partial charge in [-0.1, -0.05) is 6.07 Å². The molecule has 1 aromatic carbocycles. The molecule has 1 aromatic heterocycles. The normalized spacial score (nSPS) is 10.4. The minimum absolute atomic E-state index is 0.294. The van der Waals surface area contributed by atoms with Crippen molar-refractivity contribution in [2.75, 3.05) is 7.11 Å². The number of carbonyl (C=O) groups is 1. The smallest absolute Gasteiger partial charge is 0.338 e. The van der Waals surface area contributed by atoms with E-state index in [1.165, 1.54) is 18.6 Å². The highest BCUT2D eigenvalue weighted by Gasteiger charge is 2.12. The first kappa shape index (κ1) is 9.15. The number of fused-ring (bicyclic) bond motifs is 1. The molecule has 3 nitrogen and oxygen atoms in total. The van der Waals surface area contributed by atoms with E-state index in [1.807, 2.05) is 13.0 Å². The monoisotopic (exact) mass is 207 g/mol. The Morgan fingerprint density at radius 3 is 3.00 bits per heavy atom. The predicted octanol–water partition coefficient (Wildman–Crippen LogP) is 2.39. The van der Waals surface area contributed by atoms with Crippen LogP contribution in [0.4, 0.5) is 0 Å². The molecule has 0 fully saturated rings. The number of methoxy groups -OCH3 is 1. The molecule has 0 bridgehead atoms. The van der Waals surface area contributed by atoms with Gasteiger partial charge < -0.3 is 4.74 Å². The van der Waals surface area contributed by atoms with Gasteiger partial charge in [-0.2, -0.15) is 4.37 Å². The molecule has 0 aliphatic carbocycles. The van der Waals surface area contributed by atoms with E-state index >= 15 is 0 Å². The molecular formula is C10H9NO2S. The fraction of sp³-hybridized carbons (Fsp3) is 0.200. The molecule has 4 heteroatoms. The van der Waals surface area contributed by atoms with E-state index in [2.05, 4.69) is 9.11 Å². The molecule has 0 radical (unpaired) electrons. The summed E-state index contributed by atoms with van der Waals surface area (Å²) in [5.41, 5.74) is 1.56. The molecule has 2 aromatic rings. The number of esters is 1. The van der Waals surface area contributed by atoms with Crippen LogP contribution in [-0.4, -0.2) is 17.5 Å². The van der Waals surface area contributed by atoms with Crippen molar-refractivity contribution in [3.05, 3.63) is 29.5 Å². The lowest BCUT2D eigenvalue weighted by molar-refractivity contribution is 0.0600. The first-order valence-electron chi connectivity index (χ1n) is 4.16. The highest BCUT2D eigenvalue weighted by atomic mass is 32.1. The third kappa shape index (κ3) is 1.28. The zero-order valence-corrected chi connectivity index (χ0v) is 8.72. The Balaban J connectivity index is 2.67. The Morgan fingerprint density at radius 2 is 2.29 bits per heavy atom. The summed E-state index contributed by atoms with van der Waals surface area (Å²) in [6.45, 7) is 1.91. The molecule has 0 aliphatic rings. The Kier molecular flexibility index (Phi) is 2.21. The topological polar surface area (TPSA) is 39.2 Å². The standard InChI is InChI=1S/C10H9NO2S/c1-6-8(10(12)13-2)4-3-7-5-11-14-9(6)7/h3-5H,1-2H3. The van der Waals surface area contributed by atoms with Crippen molar-refractivity contribution in [1.82, 2.24) is 4.37 Å². The molecule has 0 atom stereocenters. The second-order valence-corrected chi connectivity index (χ2v) is 3.78. The van der Waals surface area contributed by atoms with Crippen LogP contribution in [0.15, 0.2) is 18.3 Å². The van der Waals surface area contributed by atoms with Gasteiger partial charge >= 0.3 is 5.97 Å². The van der Waals surface area contributed by atoms with Crippen LogP contribution in [0.2, 0.25) is 0 Å². The fourth-order valence-electron chi connectivity index (χ4n) is 1.40. The number of ether oxygens (including phenoxy) is 1. The lowest BCUT2D eigenvalue weighted by Crippen LogP contribution is -2.03. The Morgan fingerprint density at radius 1 is 1.50 bits per heavy atom. The summed E-state index contributed by atoms with van der Waals surface area (Å²) in [6, 6.07) is 3.66. The van der Waals surface area contributed by atoms with Gasteiger partial charge in [0, 0.05) is 11.6 Å². The SMILES string of the molecule is COC(=O)c1ccc2cnsc2c1C. The van der Waals surface area contributed by atoms with Crippen molar-refractivity contribution in [3.8, 4) is 0 Å². The Bertz CT molecular complexity index is 490. The number of rotatable bonds is 1. The summed E-state index contributed by atoms with van der Waals surface area (Å²) in [4.78, 5) is 11.4. The lowest BCUT2D eigenvalue weighted by atomic mass is 10.1. The van der Waals surface area contributed by atoms with Crippen LogP contribution in [0.3, 0.4) is 0 Å². The van der Waals surface area contributed by atoms with Crippen LogP contribution in [-0.2, 0) is 4.74 Å². The maximum Gasteiger partial charge on any atom is 0.338 e. The molecule has 0 saturated heterocycles. The number of aryl methyl sites for hydroxylation is 1. The van der Waals surface area contributed by atoms with Crippen LogP contribution in [0.1, 0.15) is 15.9 Å². The minimum Gasteiger partial charge on any atom is -0.465 e. The van der Waals surface area contributed by atoms with Crippen molar-refractivity contribution in [3.63, 3.8) is 0 Å². The molecule has 0 amide bonds. The molecule has 72 valence electrons. The van der Waals surface area contributed by atoms with Gasteiger partial charge in [-0.3, -0.25) is 0 Å². The van der Waals surface area contributed by atoms with Gasteiger partial charge in [-0.05, 0) is 30.1 Å². The zero-order valence-electron chi connectivity index (χ0n) is 7.90. The second-order valence-electron chi connectivity index (χ2n) is 2.97. The average molecular weight is 207 g/mol. The molecule has 0 N–H and O–H groups in total. The van der Waals surface area contributed by atoms with E-state index in [-0.39, 0.29) is 5.97 Å². The summed E-state index contributed by atoms with van der Waals surface area (Å²) in [7, 11) is 1.39. The third-order valence-corrected chi connectivity index (χ3v) is 3.11. The molecule has 0 unspecified atom stereocenters. The van der Waals surface area contributed by atoms with Gasteiger partial charge in [0.15, 0.2) is 0 Å². The van der Waals surface area contributed by atoms with Crippen molar-refractivity contribution in [1.29, 1.82) is 0 Å². The zero-order chi connectivity index (χ0) is 10.1. The first-order valence-corrected chi connectivity index (χ1v) is 4.93. The van der Waals surface area contributed by atoms with Crippen LogP contribution < -0.4 is 0 Å². The minimum atomic E-state index is -0.294. The van der Waals surface area contributed by atoms with E-state index in [0.29, 0.717) is 5.56 Å². The fourth-order valence-corrected chi connectivity index (χ4v) is 2.15. The Labute approximate surface area is 85.5 Å². The van der Waals surface area contributed by atoms with Gasteiger partial charge in [0.25, 0.3) is 0 Å². The summed E-state index contributed by atoms with van der Waals surface area (Å²) < 4.78 is 9.81. The third-order valence-electron chi connectivity index (χ3n) is 2.18. The van der Waals surface area contributed by atoms with Crippen molar-refractivity contribution in [2.45, 2.75) is 6.92 Å². The molecule has 14 heavy (non-hydrogen) atoms. The molecule has 0 spiro atoms. The number of aromatic nitrogens is 1. The lowest BCUT2D eigenvalue weighted by Gasteiger charge is -2.03. The van der Waals surface area contributed by atoms with Gasteiger partial charge in [0.2, 0.25) is 0 Å². The van der Waals surface area contributed by atoms with Crippen LogP contribution in [0.5, 0.6) is 0 Å². The summed E-state index contributed by atoms with van der Waals surface area (Å²) in [5.74, 6) is -0.294. The number of nitrogens with zero attached hydrogens (tertiary/aromatic N) is 1. The van der Waals surface area contributed by atoms with Gasteiger partial charge in [0.1, 0.15) is 0 Å². The number of benzene rings is 1. The van der Waals surface area contributed by atoms with Gasteiger partial charge in [0.05, 0.1) is 17.4 Å². The van der Waals surface area contributed by atoms with E-state index in [4.69, 9.17) is 0 Å². The van der Waals surface area contributed by atoms with Gasteiger partial charge in [-0.25, -0.2) is 4.79 Å². The molecule has 1 heterocycles. The first-order chi connectivity index (χ1) is 6.74. The van der Waals surface area contributed by atoms with Crippen LogP contribution >= 0.6 is 11.5 Å². The summed E-state index contributed by atoms with van der Waals surface area (Å²) >= 11 is 1.40. The van der Waals surface area contributed by atoms with E-state index in [0.717, 1.165) is 15.6 Å². The maximum absolute atomic E-state index is 11.4. The van der Waals surface area contributed by atoms with E-state index < -0.39 is 0 Å². The number of hydrogen-bond acceptors (Lipinski definition) is 4. The number of hydrogen-bond donors (Lipinski definition) is 0. The Hall–Kier alpha value is -1.42. The predicted molar refractivity (Wildman–Crippen MR) is 55.7 cm³/mol. The van der Waals surface area contributed by atoms with E-state index in [9.17, 15) is 4.79 Å². The molecule has 0 aliphatic heterocycles. The van der Waals surface area contributed by atoms with Crippen LogP contribution in [0, 0.1) is 6.92 Å². The van der Waals surface area contributed by atoms with E-state index in [1.54, 1.807) is 12.3 Å². The van der Waals surface area contributed by atoms with Crippen molar-refractivity contribution >= 4 is 27.6 Å². The summed E-state index contributed by atoms with van der Waals surface area (Å²) in [6.07, 6.45) is 1.80. The van der Waals surface area contributed by atoms with Crippen molar-refractivity contribution < 1.29 is 9.53 Å². The molecule has 2 rings (SSSR count). The van der Waals surface area contributed by atoms with Gasteiger partial charge in [-0.15, -0.1) is 0 Å². The highest BCUT2D eigenvalue weighted by molar-refractivity contribution is 7.13. The number of carbonyl (C=O) groups excluding carboxylic acids is 1. The largest absolute Gasteiger partial charge is 0.465 e. The van der Waals surface area contributed by atoms with Crippen LogP contribution in [0.25, 0.3) is 10.1 Å².